The molecule has 0 aliphatic carbocycles. The van der Waals surface area contributed by atoms with Crippen LogP contribution in [-0.2, 0) is 20.4 Å². The minimum atomic E-state index is 0. The summed E-state index contributed by atoms with van der Waals surface area (Å²) in [4.78, 5) is 0. The van der Waals surface area contributed by atoms with Gasteiger partial charge in [0.1, 0.15) is 0 Å². The third kappa shape index (κ3) is 12.8. The molecular formula is C18H22N6PdS2. The van der Waals surface area contributed by atoms with Crippen LogP contribution in [0.15, 0.2) is 70.9 Å². The predicted molar refractivity (Wildman–Crippen MR) is 118 cm³/mol. The van der Waals surface area contributed by atoms with Crippen LogP contribution in [0, 0.1) is 0 Å². The van der Waals surface area contributed by atoms with Crippen LogP contribution in [-0.4, -0.2) is 36.7 Å². The van der Waals surface area contributed by atoms with E-state index in [0.717, 1.165) is 11.1 Å². The van der Waals surface area contributed by atoms with E-state index in [-0.39, 0.29) is 20.4 Å². The Hall–Kier alpha value is -2.18. The van der Waals surface area contributed by atoms with E-state index < -0.39 is 0 Å². The molecule has 2 rings (SSSR count). The molecule has 2 aromatic carbocycles. The Morgan fingerprint density at radius 2 is 1.04 bits per heavy atom. The number of hydrazone groups is 2. The van der Waals surface area contributed by atoms with Crippen molar-refractivity contribution < 1.29 is 20.4 Å². The van der Waals surface area contributed by atoms with E-state index in [2.05, 4.69) is 31.7 Å². The van der Waals surface area contributed by atoms with Crippen molar-refractivity contribution in [2.24, 2.45) is 10.2 Å². The zero-order valence-corrected chi connectivity index (χ0v) is 18.1. The van der Waals surface area contributed by atoms with Gasteiger partial charge in [0.2, 0.25) is 0 Å². The van der Waals surface area contributed by atoms with E-state index in [9.17, 15) is 0 Å². The molecule has 146 valence electrons. The van der Waals surface area contributed by atoms with Crippen LogP contribution in [0.5, 0.6) is 0 Å². The van der Waals surface area contributed by atoms with E-state index >= 15 is 0 Å². The number of nitrogens with one attached hydrogen (secondary N) is 4. The van der Waals surface area contributed by atoms with Crippen LogP contribution in [0.1, 0.15) is 11.1 Å². The van der Waals surface area contributed by atoms with Crippen molar-refractivity contribution in [3.05, 3.63) is 71.8 Å². The van der Waals surface area contributed by atoms with E-state index in [0.29, 0.717) is 10.2 Å². The number of nitrogens with zero attached hydrogens (tertiary/aromatic N) is 2. The Kier molecular flexibility index (Phi) is 14.7. The van der Waals surface area contributed by atoms with Gasteiger partial charge in [0.15, 0.2) is 10.2 Å². The number of thiocarbonyl (C=S) groups is 2. The van der Waals surface area contributed by atoms with Crippen molar-refractivity contribution in [1.82, 2.24) is 21.5 Å². The second-order valence-corrected chi connectivity index (χ2v) is 5.54. The third-order valence-electron chi connectivity index (χ3n) is 2.81. The third-order valence-corrected chi connectivity index (χ3v) is 3.40. The topological polar surface area (TPSA) is 72.8 Å². The molecule has 2 aromatic rings. The van der Waals surface area contributed by atoms with Crippen LogP contribution in [0.2, 0.25) is 0 Å². The summed E-state index contributed by atoms with van der Waals surface area (Å²) in [5.41, 5.74) is 7.41. The number of rotatable bonds is 4. The average Bonchev–Trinajstić information content (AvgIpc) is 2.70. The minimum Gasteiger partial charge on any atom is -0.364 e. The van der Waals surface area contributed by atoms with Gasteiger partial charge in [-0.2, -0.15) is 10.2 Å². The molecule has 0 aromatic heterocycles. The van der Waals surface area contributed by atoms with E-state index in [1.165, 1.54) is 0 Å². The summed E-state index contributed by atoms with van der Waals surface area (Å²) in [7, 11) is 3.49. The first-order chi connectivity index (χ1) is 12.7. The van der Waals surface area contributed by atoms with E-state index in [1.807, 2.05) is 60.7 Å². The van der Waals surface area contributed by atoms with Crippen LogP contribution >= 0.6 is 24.4 Å². The van der Waals surface area contributed by atoms with Crippen LogP contribution < -0.4 is 21.5 Å². The van der Waals surface area contributed by atoms with Gasteiger partial charge < -0.3 is 10.6 Å². The van der Waals surface area contributed by atoms with Crippen molar-refractivity contribution in [3.63, 3.8) is 0 Å². The molecule has 0 atom stereocenters. The fraction of sp³-hybridized carbons (Fsp3) is 0.111. The van der Waals surface area contributed by atoms with E-state index in [4.69, 9.17) is 24.4 Å². The van der Waals surface area contributed by atoms with Crippen molar-refractivity contribution in [2.75, 3.05) is 14.1 Å². The van der Waals surface area contributed by atoms with Gasteiger partial charge in [0.25, 0.3) is 0 Å². The molecule has 0 amide bonds. The Bertz CT molecular complexity index is 660. The molecule has 6 nitrogen and oxygen atoms in total. The predicted octanol–water partition coefficient (Wildman–Crippen LogP) is 2.23. The minimum absolute atomic E-state index is 0. The first-order valence-electron chi connectivity index (χ1n) is 7.77. The Morgan fingerprint density at radius 1 is 0.704 bits per heavy atom. The van der Waals surface area contributed by atoms with Gasteiger partial charge >= 0.3 is 0 Å². The molecule has 0 heterocycles. The number of hydrogen-bond acceptors (Lipinski definition) is 4. The van der Waals surface area contributed by atoms with E-state index in [1.54, 1.807) is 26.5 Å². The van der Waals surface area contributed by atoms with Gasteiger partial charge in [0, 0.05) is 34.5 Å². The Labute approximate surface area is 184 Å². The largest absolute Gasteiger partial charge is 0.364 e. The van der Waals surface area contributed by atoms with Crippen LogP contribution in [0.3, 0.4) is 0 Å². The van der Waals surface area contributed by atoms with Gasteiger partial charge in [-0.3, -0.25) is 10.9 Å². The standard InChI is InChI=1S/2C9H11N3S.Pd/c2*1-10-9(13)12-11-7-8-5-3-2-4-6-8;/h2*2-7H,1H3,(H2,10,12,13);. The Balaban J connectivity index is 0.000000483. The zero-order chi connectivity index (χ0) is 19.0. The normalized spacial score (nSPS) is 9.56. The number of hydrogen-bond donors (Lipinski definition) is 4. The van der Waals surface area contributed by atoms with Gasteiger partial charge in [-0.15, -0.1) is 0 Å². The Morgan fingerprint density at radius 3 is 1.33 bits per heavy atom. The summed E-state index contributed by atoms with van der Waals surface area (Å²) in [5, 5.41) is 14.4. The molecule has 4 N–H and O–H groups in total. The molecule has 0 unspecified atom stereocenters. The van der Waals surface area contributed by atoms with Gasteiger partial charge in [0.05, 0.1) is 12.4 Å². The molecule has 9 heteroatoms. The smallest absolute Gasteiger partial charge is 0.186 e. The fourth-order valence-corrected chi connectivity index (χ4v) is 1.63. The quantitative estimate of drug-likeness (QED) is 0.227. The maximum atomic E-state index is 4.83. The SMILES string of the molecule is CNC(=S)NN=Cc1ccccc1.CNC(=S)NN=Cc1ccccc1.[Pd]. The zero-order valence-electron chi connectivity index (χ0n) is 15.0. The van der Waals surface area contributed by atoms with Crippen molar-refractivity contribution in [3.8, 4) is 0 Å². The summed E-state index contributed by atoms with van der Waals surface area (Å²) >= 11 is 9.67. The summed E-state index contributed by atoms with van der Waals surface area (Å²) in [6.45, 7) is 0. The molecule has 0 radical (unpaired) electrons. The number of benzene rings is 2. The monoisotopic (exact) mass is 492 g/mol. The van der Waals surface area contributed by atoms with Gasteiger partial charge in [-0.05, 0) is 35.6 Å². The molecule has 0 saturated carbocycles. The summed E-state index contributed by atoms with van der Waals surface area (Å²) in [5.74, 6) is 0. The van der Waals surface area contributed by atoms with Gasteiger partial charge in [-0.25, -0.2) is 0 Å². The fourth-order valence-electron chi connectivity index (χ4n) is 1.52. The molecule has 0 fully saturated rings. The molecular weight excluding hydrogens is 471 g/mol. The molecule has 27 heavy (non-hydrogen) atoms. The van der Waals surface area contributed by atoms with Crippen molar-refractivity contribution in [1.29, 1.82) is 0 Å². The van der Waals surface area contributed by atoms with Crippen LogP contribution in [0.25, 0.3) is 0 Å². The maximum absolute atomic E-state index is 4.83. The average molecular weight is 493 g/mol. The van der Waals surface area contributed by atoms with Crippen molar-refractivity contribution >= 4 is 47.1 Å². The van der Waals surface area contributed by atoms with Crippen LogP contribution in [0.4, 0.5) is 0 Å². The summed E-state index contributed by atoms with van der Waals surface area (Å²) in [6, 6.07) is 19.6. The maximum Gasteiger partial charge on any atom is 0.186 e. The summed E-state index contributed by atoms with van der Waals surface area (Å²) in [6.07, 6.45) is 3.42. The van der Waals surface area contributed by atoms with Crippen molar-refractivity contribution in [2.45, 2.75) is 0 Å². The molecule has 0 aliphatic rings. The summed E-state index contributed by atoms with van der Waals surface area (Å²) < 4.78 is 0. The molecule has 0 bridgehead atoms. The molecule has 0 spiro atoms. The molecule has 0 aliphatic heterocycles. The second kappa shape index (κ2) is 16.0. The molecule has 0 saturated heterocycles. The first kappa shape index (κ1) is 24.8. The first-order valence-corrected chi connectivity index (χ1v) is 8.59. The van der Waals surface area contributed by atoms with Gasteiger partial charge in [-0.1, -0.05) is 60.7 Å². The second-order valence-electron chi connectivity index (χ2n) is 4.72.